The zero-order valence-corrected chi connectivity index (χ0v) is 16.7. The second-order valence-corrected chi connectivity index (χ2v) is 7.33. The third-order valence-corrected chi connectivity index (χ3v) is 5.23. The smallest absolute Gasteiger partial charge is 0.190 e. The molecular formula is C21H17FN8O. The summed E-state index contributed by atoms with van der Waals surface area (Å²) in [5, 5.41) is 22.3. The maximum atomic E-state index is 14.2. The number of rotatable bonds is 0. The molecule has 1 aliphatic rings. The van der Waals surface area contributed by atoms with Crippen molar-refractivity contribution in [1.82, 2.24) is 29.8 Å². The molecule has 0 amide bonds. The molecule has 1 aliphatic heterocycles. The highest BCUT2D eigenvalue weighted by Gasteiger charge is 2.24. The summed E-state index contributed by atoms with van der Waals surface area (Å²) >= 11 is 0. The van der Waals surface area contributed by atoms with Crippen LogP contribution in [0.2, 0.25) is 0 Å². The molecule has 1 aromatic carbocycles. The van der Waals surface area contributed by atoms with E-state index in [-0.39, 0.29) is 17.3 Å². The summed E-state index contributed by atoms with van der Waals surface area (Å²) in [6, 6.07) is 8.28. The van der Waals surface area contributed by atoms with E-state index in [0.717, 1.165) is 11.1 Å². The van der Waals surface area contributed by atoms with E-state index in [9.17, 15) is 9.65 Å². The van der Waals surface area contributed by atoms with Crippen LogP contribution in [0, 0.1) is 17.1 Å². The molecule has 4 aromatic rings. The van der Waals surface area contributed by atoms with E-state index in [4.69, 9.17) is 10.5 Å². The van der Waals surface area contributed by atoms with Crippen LogP contribution in [-0.4, -0.2) is 29.8 Å². The maximum absolute atomic E-state index is 14.2. The molecule has 2 bridgehead atoms. The van der Waals surface area contributed by atoms with E-state index in [1.54, 1.807) is 27.7 Å². The van der Waals surface area contributed by atoms with E-state index >= 15 is 0 Å². The van der Waals surface area contributed by atoms with Crippen molar-refractivity contribution in [3.8, 4) is 34.3 Å². The van der Waals surface area contributed by atoms with Crippen molar-refractivity contribution >= 4 is 5.82 Å². The van der Waals surface area contributed by atoms with Crippen LogP contribution in [-0.2, 0) is 13.6 Å². The lowest BCUT2D eigenvalue weighted by Gasteiger charge is -2.20. The zero-order valence-electron chi connectivity index (χ0n) is 16.7. The number of hydrogen-bond acceptors (Lipinski definition) is 7. The van der Waals surface area contributed by atoms with Crippen molar-refractivity contribution in [3.05, 3.63) is 59.3 Å². The first-order valence-electron chi connectivity index (χ1n) is 9.53. The minimum absolute atomic E-state index is 0.163. The van der Waals surface area contributed by atoms with Crippen molar-refractivity contribution < 1.29 is 9.13 Å². The molecule has 31 heavy (non-hydrogen) atoms. The Morgan fingerprint density at radius 1 is 1.32 bits per heavy atom. The Labute approximate surface area is 176 Å². The Bertz CT molecular complexity index is 1370. The number of pyridine rings is 1. The van der Waals surface area contributed by atoms with Crippen LogP contribution in [0.4, 0.5) is 10.2 Å². The number of ether oxygens (including phenoxy) is 1. The molecule has 9 nitrogen and oxygen atoms in total. The number of nitrogens with two attached hydrogens (primary N) is 1. The lowest BCUT2D eigenvalue weighted by atomic mass is 9.97. The van der Waals surface area contributed by atoms with E-state index < -0.39 is 6.10 Å². The van der Waals surface area contributed by atoms with E-state index in [1.807, 2.05) is 20.2 Å². The van der Waals surface area contributed by atoms with Crippen molar-refractivity contribution in [2.75, 3.05) is 5.73 Å². The minimum atomic E-state index is -0.544. The fourth-order valence-electron chi connectivity index (χ4n) is 3.84. The number of aryl methyl sites for hydroxylation is 1. The predicted molar refractivity (Wildman–Crippen MR) is 109 cm³/mol. The van der Waals surface area contributed by atoms with Gasteiger partial charge in [0.25, 0.3) is 0 Å². The zero-order chi connectivity index (χ0) is 21.7. The third-order valence-electron chi connectivity index (χ3n) is 5.23. The number of aromatic nitrogens is 6. The first-order chi connectivity index (χ1) is 14.9. The molecular weight excluding hydrogens is 399 g/mol. The maximum Gasteiger partial charge on any atom is 0.190 e. The monoisotopic (exact) mass is 416 g/mol. The number of benzene rings is 1. The molecule has 10 heteroatoms. The largest absolute Gasteiger partial charge is 0.482 e. The minimum Gasteiger partial charge on any atom is -0.482 e. The number of nitrogen functional groups attached to an aromatic ring is 1. The first kappa shape index (κ1) is 18.7. The van der Waals surface area contributed by atoms with E-state index in [1.165, 1.54) is 12.1 Å². The highest BCUT2D eigenvalue weighted by molar-refractivity contribution is 5.70. The summed E-state index contributed by atoms with van der Waals surface area (Å²) in [7, 11) is 1.81. The summed E-state index contributed by atoms with van der Waals surface area (Å²) < 4.78 is 23.6. The number of halogens is 1. The number of nitriles is 1. The van der Waals surface area contributed by atoms with Gasteiger partial charge in [0.15, 0.2) is 17.3 Å². The van der Waals surface area contributed by atoms with Crippen molar-refractivity contribution in [1.29, 1.82) is 5.26 Å². The molecule has 1 atom stereocenters. The quantitative estimate of drug-likeness (QED) is 0.468. The van der Waals surface area contributed by atoms with Gasteiger partial charge in [0.1, 0.15) is 23.7 Å². The number of anilines is 1. The summed E-state index contributed by atoms with van der Waals surface area (Å²) in [5.41, 5.74) is 10.2. The molecule has 2 N–H and O–H groups in total. The predicted octanol–water partition coefficient (Wildman–Crippen LogP) is 2.84. The lowest BCUT2D eigenvalue weighted by molar-refractivity contribution is 0.227. The Balaban J connectivity index is 1.82. The number of hydrogen-bond donors (Lipinski definition) is 1. The van der Waals surface area contributed by atoms with Crippen LogP contribution in [0.25, 0.3) is 22.5 Å². The molecule has 0 fully saturated rings. The molecule has 4 heterocycles. The van der Waals surface area contributed by atoms with E-state index in [0.29, 0.717) is 34.8 Å². The number of fused-ring (bicyclic) bond motifs is 7. The molecule has 0 spiro atoms. The van der Waals surface area contributed by atoms with Gasteiger partial charge in [-0.2, -0.15) is 10.4 Å². The van der Waals surface area contributed by atoms with Crippen LogP contribution in [0.1, 0.15) is 29.8 Å². The SMILES string of the molecule is C[C@H]1Oc2cc(cnc2N)-c2c(C#N)nnn2Cc2cn(C)nc2-c2ccc(F)cc21. The molecule has 0 aliphatic carbocycles. The van der Waals surface area contributed by atoms with Crippen LogP contribution in [0.15, 0.2) is 36.7 Å². The average Bonchev–Trinajstić information content (AvgIpc) is 3.32. The molecule has 0 radical (unpaired) electrons. The summed E-state index contributed by atoms with van der Waals surface area (Å²) in [6.45, 7) is 2.12. The summed E-state index contributed by atoms with van der Waals surface area (Å²) in [4.78, 5) is 4.22. The molecule has 3 aromatic heterocycles. The average molecular weight is 416 g/mol. The Kier molecular flexibility index (Phi) is 4.18. The van der Waals surface area contributed by atoms with Gasteiger partial charge in [-0.3, -0.25) is 4.68 Å². The second-order valence-electron chi connectivity index (χ2n) is 7.33. The van der Waals surface area contributed by atoms with E-state index in [2.05, 4.69) is 26.5 Å². The van der Waals surface area contributed by atoms with Gasteiger partial charge in [0.2, 0.25) is 0 Å². The van der Waals surface area contributed by atoms with Gasteiger partial charge in [-0.15, -0.1) is 5.10 Å². The van der Waals surface area contributed by atoms with Crippen LogP contribution in [0.3, 0.4) is 0 Å². The molecule has 0 saturated carbocycles. The first-order valence-corrected chi connectivity index (χ1v) is 9.53. The van der Waals surface area contributed by atoms with Gasteiger partial charge in [-0.1, -0.05) is 5.21 Å². The van der Waals surface area contributed by atoms with Gasteiger partial charge in [-0.05, 0) is 31.2 Å². The lowest BCUT2D eigenvalue weighted by Crippen LogP contribution is -2.11. The summed E-state index contributed by atoms with van der Waals surface area (Å²) in [5.74, 6) is 0.121. The Hall–Kier alpha value is -4.26. The van der Waals surface area contributed by atoms with Crippen molar-refractivity contribution in [3.63, 3.8) is 0 Å². The van der Waals surface area contributed by atoms with Crippen LogP contribution >= 0.6 is 0 Å². The highest BCUT2D eigenvalue weighted by atomic mass is 19.1. The van der Waals surface area contributed by atoms with Gasteiger partial charge >= 0.3 is 0 Å². The Morgan fingerprint density at radius 2 is 2.16 bits per heavy atom. The second kappa shape index (κ2) is 6.91. The third kappa shape index (κ3) is 3.07. The topological polar surface area (TPSA) is 120 Å². The standard InChI is InChI=1S/C21H17FN8O/c1-11-16-6-14(22)3-4-15(16)19-13(9-29(2)27-19)10-30-20(17(7-23)26-28-30)12-5-18(31-11)21(24)25-8-12/h3-6,8-9,11H,10H2,1-2H3,(H2,24,25)/t11-/m1/s1. The normalized spacial score (nSPS) is 14.8. The van der Waals surface area contributed by atoms with Crippen molar-refractivity contribution in [2.24, 2.45) is 7.05 Å². The van der Waals surface area contributed by atoms with Crippen molar-refractivity contribution in [2.45, 2.75) is 19.6 Å². The van der Waals surface area contributed by atoms with Crippen LogP contribution in [0.5, 0.6) is 5.75 Å². The molecule has 0 unspecified atom stereocenters. The number of nitrogens with zero attached hydrogens (tertiary/aromatic N) is 7. The van der Waals surface area contributed by atoms with Crippen LogP contribution < -0.4 is 10.5 Å². The van der Waals surface area contributed by atoms with Gasteiger partial charge in [-0.25, -0.2) is 14.1 Å². The molecule has 0 saturated heterocycles. The molecule has 154 valence electrons. The highest BCUT2D eigenvalue weighted by Crippen LogP contribution is 2.37. The molecule has 5 rings (SSSR count). The Morgan fingerprint density at radius 3 is 2.97 bits per heavy atom. The van der Waals surface area contributed by atoms with Gasteiger partial charge in [0, 0.05) is 41.7 Å². The fraction of sp³-hybridized carbons (Fsp3) is 0.190. The van der Waals surface area contributed by atoms with Gasteiger partial charge in [0.05, 0.1) is 12.2 Å². The van der Waals surface area contributed by atoms with Gasteiger partial charge < -0.3 is 10.5 Å². The summed E-state index contributed by atoms with van der Waals surface area (Å²) in [6.07, 6.45) is 2.87. The fourth-order valence-corrected chi connectivity index (χ4v) is 3.84.